The van der Waals surface area contributed by atoms with Crippen LogP contribution in [0.25, 0.3) is 0 Å². The Bertz CT molecular complexity index is 228. The Morgan fingerprint density at radius 3 is 2.47 bits per heavy atom. The maximum atomic E-state index is 6.82. The SMILES string of the molecule is CCCC(C)CC1(N)CCCCC1C(C)(C)C. The molecule has 102 valence electrons. The van der Waals surface area contributed by atoms with Crippen molar-refractivity contribution in [3.63, 3.8) is 0 Å². The van der Waals surface area contributed by atoms with Gasteiger partial charge in [-0.25, -0.2) is 0 Å². The highest BCUT2D eigenvalue weighted by molar-refractivity contribution is 4.99. The number of rotatable bonds is 4. The fourth-order valence-electron chi connectivity index (χ4n) is 4.05. The second-order valence-electron chi connectivity index (χ2n) is 7.50. The smallest absolute Gasteiger partial charge is 0.0190 e. The average Bonchev–Trinajstić information content (AvgIpc) is 2.15. The van der Waals surface area contributed by atoms with E-state index in [1.54, 1.807) is 0 Å². The summed E-state index contributed by atoms with van der Waals surface area (Å²) in [6, 6.07) is 0. The Kier molecular flexibility index (Phi) is 5.07. The molecule has 1 fully saturated rings. The molecule has 0 aromatic carbocycles. The van der Waals surface area contributed by atoms with E-state index in [-0.39, 0.29) is 5.54 Å². The van der Waals surface area contributed by atoms with Gasteiger partial charge in [0, 0.05) is 5.54 Å². The van der Waals surface area contributed by atoms with Gasteiger partial charge < -0.3 is 5.73 Å². The van der Waals surface area contributed by atoms with Gasteiger partial charge in [0.05, 0.1) is 0 Å². The van der Waals surface area contributed by atoms with Crippen LogP contribution in [0, 0.1) is 17.3 Å². The average molecular weight is 239 g/mol. The van der Waals surface area contributed by atoms with Crippen molar-refractivity contribution in [3.8, 4) is 0 Å². The predicted octanol–water partition coefficient (Wildman–Crippen LogP) is 4.75. The molecule has 1 aliphatic carbocycles. The largest absolute Gasteiger partial charge is 0.325 e. The van der Waals surface area contributed by atoms with Crippen LogP contribution >= 0.6 is 0 Å². The molecule has 0 bridgehead atoms. The minimum absolute atomic E-state index is 0.102. The van der Waals surface area contributed by atoms with E-state index in [9.17, 15) is 0 Å². The van der Waals surface area contributed by atoms with Crippen molar-refractivity contribution >= 4 is 0 Å². The molecule has 1 aliphatic rings. The van der Waals surface area contributed by atoms with Gasteiger partial charge in [-0.2, -0.15) is 0 Å². The van der Waals surface area contributed by atoms with Crippen LogP contribution in [-0.2, 0) is 0 Å². The van der Waals surface area contributed by atoms with Crippen LogP contribution in [0.3, 0.4) is 0 Å². The van der Waals surface area contributed by atoms with Crippen LogP contribution in [0.1, 0.15) is 79.6 Å². The summed E-state index contributed by atoms with van der Waals surface area (Å²) < 4.78 is 0. The zero-order chi connectivity index (χ0) is 13.1. The normalized spacial score (nSPS) is 32.5. The van der Waals surface area contributed by atoms with Gasteiger partial charge in [0.1, 0.15) is 0 Å². The molecule has 2 N–H and O–H groups in total. The zero-order valence-corrected chi connectivity index (χ0v) is 12.7. The van der Waals surface area contributed by atoms with Gasteiger partial charge >= 0.3 is 0 Å². The lowest BCUT2D eigenvalue weighted by molar-refractivity contribution is 0.0614. The summed E-state index contributed by atoms with van der Waals surface area (Å²) in [7, 11) is 0. The van der Waals surface area contributed by atoms with Gasteiger partial charge in [0.15, 0.2) is 0 Å². The Morgan fingerprint density at radius 2 is 1.94 bits per heavy atom. The summed E-state index contributed by atoms with van der Waals surface area (Å²) in [6.07, 6.45) is 9.13. The molecule has 17 heavy (non-hydrogen) atoms. The Morgan fingerprint density at radius 1 is 1.29 bits per heavy atom. The van der Waals surface area contributed by atoms with Crippen molar-refractivity contribution in [2.24, 2.45) is 23.0 Å². The van der Waals surface area contributed by atoms with Gasteiger partial charge in [0.2, 0.25) is 0 Å². The van der Waals surface area contributed by atoms with Crippen LogP contribution in [0.2, 0.25) is 0 Å². The van der Waals surface area contributed by atoms with Crippen molar-refractivity contribution in [1.82, 2.24) is 0 Å². The van der Waals surface area contributed by atoms with Crippen molar-refractivity contribution < 1.29 is 0 Å². The lowest BCUT2D eigenvalue weighted by Crippen LogP contribution is -2.54. The molecule has 0 amide bonds. The molecule has 3 unspecified atom stereocenters. The first-order valence-corrected chi connectivity index (χ1v) is 7.58. The minimum Gasteiger partial charge on any atom is -0.325 e. The van der Waals surface area contributed by atoms with Crippen LogP contribution in [0.5, 0.6) is 0 Å². The first kappa shape index (κ1) is 15.0. The molecule has 1 heteroatoms. The first-order valence-electron chi connectivity index (χ1n) is 7.58. The van der Waals surface area contributed by atoms with Gasteiger partial charge in [0.25, 0.3) is 0 Å². The Hall–Kier alpha value is -0.0400. The number of hydrogen-bond acceptors (Lipinski definition) is 1. The molecule has 0 heterocycles. The van der Waals surface area contributed by atoms with E-state index in [0.29, 0.717) is 11.3 Å². The fourth-order valence-corrected chi connectivity index (χ4v) is 4.05. The molecular weight excluding hydrogens is 206 g/mol. The van der Waals surface area contributed by atoms with Crippen molar-refractivity contribution in [1.29, 1.82) is 0 Å². The summed E-state index contributed by atoms with van der Waals surface area (Å²) in [5, 5.41) is 0. The number of nitrogens with two attached hydrogens (primary N) is 1. The van der Waals surface area contributed by atoms with Gasteiger partial charge in [-0.1, -0.05) is 60.3 Å². The quantitative estimate of drug-likeness (QED) is 0.753. The topological polar surface area (TPSA) is 26.0 Å². The molecule has 1 nitrogen and oxygen atoms in total. The zero-order valence-electron chi connectivity index (χ0n) is 12.7. The molecule has 0 aliphatic heterocycles. The molecule has 0 saturated heterocycles. The lowest BCUT2D eigenvalue weighted by Gasteiger charge is -2.49. The highest BCUT2D eigenvalue weighted by atomic mass is 14.8. The van der Waals surface area contributed by atoms with Crippen molar-refractivity contribution in [2.45, 2.75) is 85.1 Å². The molecular formula is C16H33N. The Balaban J connectivity index is 2.74. The molecule has 0 spiro atoms. The second-order valence-corrected chi connectivity index (χ2v) is 7.50. The van der Waals surface area contributed by atoms with E-state index in [0.717, 1.165) is 5.92 Å². The summed E-state index contributed by atoms with van der Waals surface area (Å²) in [4.78, 5) is 0. The molecule has 3 atom stereocenters. The van der Waals surface area contributed by atoms with Crippen LogP contribution < -0.4 is 5.73 Å². The van der Waals surface area contributed by atoms with Crippen molar-refractivity contribution in [3.05, 3.63) is 0 Å². The predicted molar refractivity (Wildman–Crippen MR) is 77.0 cm³/mol. The van der Waals surface area contributed by atoms with Crippen LogP contribution in [0.15, 0.2) is 0 Å². The first-order chi connectivity index (χ1) is 7.79. The van der Waals surface area contributed by atoms with E-state index >= 15 is 0 Å². The van der Waals surface area contributed by atoms with Crippen molar-refractivity contribution in [2.75, 3.05) is 0 Å². The van der Waals surface area contributed by atoms with Gasteiger partial charge in [-0.05, 0) is 36.5 Å². The molecule has 1 rings (SSSR count). The molecule has 0 aromatic rings. The van der Waals surface area contributed by atoms with E-state index in [1.807, 2.05) is 0 Å². The van der Waals surface area contributed by atoms with Crippen LogP contribution in [0.4, 0.5) is 0 Å². The van der Waals surface area contributed by atoms with E-state index in [2.05, 4.69) is 34.6 Å². The van der Waals surface area contributed by atoms with E-state index < -0.39 is 0 Å². The second kappa shape index (κ2) is 5.73. The third kappa shape index (κ3) is 3.98. The Labute approximate surface area is 109 Å². The monoisotopic (exact) mass is 239 g/mol. The van der Waals surface area contributed by atoms with E-state index in [1.165, 1.54) is 44.9 Å². The van der Waals surface area contributed by atoms with Gasteiger partial charge in [-0.3, -0.25) is 0 Å². The summed E-state index contributed by atoms with van der Waals surface area (Å²) in [5.74, 6) is 1.48. The minimum atomic E-state index is 0.102. The van der Waals surface area contributed by atoms with E-state index in [4.69, 9.17) is 5.73 Å². The molecule has 0 aromatic heterocycles. The summed E-state index contributed by atoms with van der Waals surface area (Å²) in [6.45, 7) is 11.8. The highest BCUT2D eigenvalue weighted by Crippen LogP contribution is 2.46. The third-order valence-electron chi connectivity index (χ3n) is 4.63. The van der Waals surface area contributed by atoms with Gasteiger partial charge in [-0.15, -0.1) is 0 Å². The highest BCUT2D eigenvalue weighted by Gasteiger charge is 2.43. The van der Waals surface area contributed by atoms with Crippen LogP contribution in [-0.4, -0.2) is 5.54 Å². The standard InChI is InChI=1S/C16H33N/c1-6-9-13(2)12-16(17)11-8-7-10-14(16)15(3,4)5/h13-14H,6-12,17H2,1-5H3. The summed E-state index contributed by atoms with van der Waals surface area (Å²) in [5.41, 5.74) is 7.29. The lowest BCUT2D eigenvalue weighted by atomic mass is 9.60. The third-order valence-corrected chi connectivity index (χ3v) is 4.63. The molecule has 1 saturated carbocycles. The number of hydrogen-bond donors (Lipinski definition) is 1. The fraction of sp³-hybridized carbons (Fsp3) is 1.00. The maximum absolute atomic E-state index is 6.82. The summed E-state index contributed by atoms with van der Waals surface area (Å²) >= 11 is 0. The molecule has 0 radical (unpaired) electrons. The maximum Gasteiger partial charge on any atom is 0.0190 e.